The number of nitrogens with zero attached hydrogens (tertiary/aromatic N) is 4. The molecule has 0 spiro atoms. The van der Waals surface area contributed by atoms with E-state index in [-0.39, 0.29) is 11.6 Å². The molecule has 2 heterocycles. The highest BCUT2D eigenvalue weighted by molar-refractivity contribution is 5.96. The Kier molecular flexibility index (Phi) is 4.65. The van der Waals surface area contributed by atoms with Crippen LogP contribution in [-0.2, 0) is 6.54 Å². The van der Waals surface area contributed by atoms with E-state index in [9.17, 15) is 9.90 Å². The van der Waals surface area contributed by atoms with Crippen LogP contribution in [0.2, 0.25) is 0 Å². The number of hydrogen-bond donors (Lipinski definition) is 1. The largest absolute Gasteiger partial charge is 0.493 e. The third kappa shape index (κ3) is 3.03. The monoisotopic (exact) mass is 322 g/mol. The number of para-hydroxylation sites is 1. The first-order valence-electron chi connectivity index (χ1n) is 7.89. The number of amides is 1. The van der Waals surface area contributed by atoms with Gasteiger partial charge in [-0.3, -0.25) is 9.78 Å². The maximum atomic E-state index is 12.0. The lowest BCUT2D eigenvalue weighted by Crippen LogP contribution is -1.96. The summed E-state index contributed by atoms with van der Waals surface area (Å²) >= 11 is 0. The van der Waals surface area contributed by atoms with Crippen LogP contribution in [0, 0.1) is 0 Å². The maximum absolute atomic E-state index is 12.0. The minimum atomic E-state index is -0.541. The third-order valence-electron chi connectivity index (χ3n) is 3.78. The number of carbonyl (C=O) groups is 1. The Balaban J connectivity index is 1.99. The van der Waals surface area contributed by atoms with Gasteiger partial charge in [0.05, 0.1) is 5.52 Å². The SMILES string of the molecule is CCCCn1c(O)c(N=NC(=O)c2ccccn2)c2ccccc21. The van der Waals surface area contributed by atoms with Gasteiger partial charge in [-0.15, -0.1) is 10.2 Å². The standard InChI is InChI=1S/C18H18N4O2/c1-2-3-12-22-15-10-5-4-8-13(15)16(18(22)24)20-21-17(23)14-9-6-7-11-19-14/h4-11,24H,2-3,12H2,1H3. The zero-order valence-corrected chi connectivity index (χ0v) is 13.4. The molecule has 6 nitrogen and oxygen atoms in total. The van der Waals surface area contributed by atoms with Crippen molar-refractivity contribution < 1.29 is 9.90 Å². The number of azo groups is 1. The molecule has 24 heavy (non-hydrogen) atoms. The molecule has 0 fully saturated rings. The topological polar surface area (TPSA) is 79.8 Å². The van der Waals surface area contributed by atoms with Gasteiger partial charge in [-0.1, -0.05) is 37.6 Å². The van der Waals surface area contributed by atoms with E-state index in [1.807, 2.05) is 24.3 Å². The minimum Gasteiger partial charge on any atom is -0.493 e. The number of fused-ring (bicyclic) bond motifs is 1. The Morgan fingerprint density at radius 1 is 1.21 bits per heavy atom. The van der Waals surface area contributed by atoms with Crippen molar-refractivity contribution in [3.8, 4) is 5.88 Å². The van der Waals surface area contributed by atoms with Gasteiger partial charge in [-0.2, -0.15) is 0 Å². The first-order chi connectivity index (χ1) is 11.7. The first kappa shape index (κ1) is 15.9. The summed E-state index contributed by atoms with van der Waals surface area (Å²) in [6.07, 6.45) is 3.48. The van der Waals surface area contributed by atoms with Gasteiger partial charge in [0.2, 0.25) is 5.88 Å². The van der Waals surface area contributed by atoms with Gasteiger partial charge in [0, 0.05) is 18.1 Å². The highest BCUT2D eigenvalue weighted by Gasteiger charge is 2.16. The number of aryl methyl sites for hydroxylation is 1. The molecule has 1 amide bonds. The number of aromatic hydroxyl groups is 1. The van der Waals surface area contributed by atoms with Gasteiger partial charge in [-0.05, 0) is 24.6 Å². The molecule has 0 atom stereocenters. The molecule has 1 N–H and O–H groups in total. The summed E-state index contributed by atoms with van der Waals surface area (Å²) in [6.45, 7) is 2.78. The molecule has 3 rings (SSSR count). The molecule has 3 aromatic rings. The molecule has 0 radical (unpaired) electrons. The lowest BCUT2D eigenvalue weighted by Gasteiger charge is -2.05. The highest BCUT2D eigenvalue weighted by atomic mass is 16.3. The van der Waals surface area contributed by atoms with E-state index >= 15 is 0 Å². The van der Waals surface area contributed by atoms with Gasteiger partial charge in [0.15, 0.2) is 5.69 Å². The number of benzene rings is 1. The van der Waals surface area contributed by atoms with Crippen molar-refractivity contribution in [3.63, 3.8) is 0 Å². The summed E-state index contributed by atoms with van der Waals surface area (Å²) in [5, 5.41) is 19.0. The Hall–Kier alpha value is -3.02. The fourth-order valence-corrected chi connectivity index (χ4v) is 2.55. The van der Waals surface area contributed by atoms with Crippen molar-refractivity contribution in [3.05, 3.63) is 54.4 Å². The van der Waals surface area contributed by atoms with Crippen LogP contribution < -0.4 is 0 Å². The first-order valence-corrected chi connectivity index (χ1v) is 7.89. The van der Waals surface area contributed by atoms with Crippen molar-refractivity contribution >= 4 is 22.5 Å². The fraction of sp³-hybridized carbons (Fsp3) is 0.222. The molecule has 0 aliphatic carbocycles. The molecule has 6 heteroatoms. The molecule has 0 saturated carbocycles. The Morgan fingerprint density at radius 2 is 2.00 bits per heavy atom. The zero-order valence-electron chi connectivity index (χ0n) is 13.4. The minimum absolute atomic E-state index is 0.0298. The summed E-state index contributed by atoms with van der Waals surface area (Å²) < 4.78 is 1.80. The maximum Gasteiger partial charge on any atom is 0.313 e. The van der Waals surface area contributed by atoms with Crippen LogP contribution in [-0.4, -0.2) is 20.6 Å². The number of rotatable bonds is 5. The molecule has 122 valence electrons. The predicted molar refractivity (Wildman–Crippen MR) is 91.6 cm³/mol. The quantitative estimate of drug-likeness (QED) is 0.704. The predicted octanol–water partition coefficient (Wildman–Crippen LogP) is 4.47. The molecule has 1 aromatic carbocycles. The Labute approximate surface area is 139 Å². The summed E-state index contributed by atoms with van der Waals surface area (Å²) in [5.41, 5.74) is 1.41. The normalized spacial score (nSPS) is 11.4. The number of pyridine rings is 1. The van der Waals surface area contributed by atoms with Gasteiger partial charge in [0.1, 0.15) is 5.69 Å². The summed E-state index contributed by atoms with van der Waals surface area (Å²) in [4.78, 5) is 16.0. The van der Waals surface area contributed by atoms with Crippen molar-refractivity contribution in [2.45, 2.75) is 26.3 Å². The van der Waals surface area contributed by atoms with Crippen molar-refractivity contribution in [2.75, 3.05) is 0 Å². The summed E-state index contributed by atoms with van der Waals surface area (Å²) in [7, 11) is 0. The lowest BCUT2D eigenvalue weighted by molar-refractivity contribution is 0.0990. The van der Waals surface area contributed by atoms with Crippen LogP contribution in [0.25, 0.3) is 10.9 Å². The highest BCUT2D eigenvalue weighted by Crippen LogP contribution is 2.39. The molecule has 0 aliphatic rings. The zero-order chi connectivity index (χ0) is 16.9. The number of aromatic nitrogens is 2. The van der Waals surface area contributed by atoms with Crippen LogP contribution in [0.15, 0.2) is 58.9 Å². The molecule has 2 aromatic heterocycles. The molecule has 0 bridgehead atoms. The van der Waals surface area contributed by atoms with E-state index in [1.165, 1.54) is 6.20 Å². The summed E-state index contributed by atoms with van der Waals surface area (Å²) in [6, 6.07) is 12.6. The second kappa shape index (κ2) is 7.04. The number of carbonyl (C=O) groups excluding carboxylic acids is 1. The summed E-state index contributed by atoms with van der Waals surface area (Å²) in [5.74, 6) is -0.511. The Morgan fingerprint density at radius 3 is 2.75 bits per heavy atom. The molecular formula is C18H18N4O2. The van der Waals surface area contributed by atoms with E-state index in [4.69, 9.17) is 0 Å². The van der Waals surface area contributed by atoms with Crippen molar-refractivity contribution in [1.29, 1.82) is 0 Å². The van der Waals surface area contributed by atoms with Crippen LogP contribution in [0.5, 0.6) is 5.88 Å². The van der Waals surface area contributed by atoms with E-state index in [0.29, 0.717) is 12.2 Å². The smallest absolute Gasteiger partial charge is 0.313 e. The molecule has 0 saturated heterocycles. The van der Waals surface area contributed by atoms with Gasteiger partial charge < -0.3 is 9.67 Å². The van der Waals surface area contributed by atoms with Gasteiger partial charge in [-0.25, -0.2) is 0 Å². The van der Waals surface area contributed by atoms with Crippen LogP contribution in [0.1, 0.15) is 30.3 Å². The van der Waals surface area contributed by atoms with Crippen molar-refractivity contribution in [2.24, 2.45) is 10.2 Å². The molecular weight excluding hydrogens is 304 g/mol. The second-order valence-electron chi connectivity index (χ2n) is 5.41. The number of hydrogen-bond acceptors (Lipinski definition) is 4. The second-order valence-corrected chi connectivity index (χ2v) is 5.41. The van der Waals surface area contributed by atoms with Crippen LogP contribution >= 0.6 is 0 Å². The number of unbranched alkanes of at least 4 members (excludes halogenated alkanes) is 1. The molecule has 0 unspecified atom stereocenters. The van der Waals surface area contributed by atoms with Crippen molar-refractivity contribution in [1.82, 2.24) is 9.55 Å². The fourth-order valence-electron chi connectivity index (χ4n) is 2.55. The van der Waals surface area contributed by atoms with E-state index < -0.39 is 5.91 Å². The lowest BCUT2D eigenvalue weighted by atomic mass is 10.2. The van der Waals surface area contributed by atoms with Crippen LogP contribution in [0.3, 0.4) is 0 Å². The third-order valence-corrected chi connectivity index (χ3v) is 3.78. The average Bonchev–Trinajstić information content (AvgIpc) is 2.90. The average molecular weight is 322 g/mol. The van der Waals surface area contributed by atoms with Gasteiger partial charge in [0.25, 0.3) is 0 Å². The van der Waals surface area contributed by atoms with E-state index in [0.717, 1.165) is 23.7 Å². The van der Waals surface area contributed by atoms with E-state index in [2.05, 4.69) is 22.1 Å². The van der Waals surface area contributed by atoms with Gasteiger partial charge >= 0.3 is 5.91 Å². The Bertz CT molecular complexity index is 885. The van der Waals surface area contributed by atoms with E-state index in [1.54, 1.807) is 22.8 Å². The molecule has 0 aliphatic heterocycles. The van der Waals surface area contributed by atoms with Crippen LogP contribution in [0.4, 0.5) is 5.69 Å².